The summed E-state index contributed by atoms with van der Waals surface area (Å²) in [5, 5.41) is 0. The first kappa shape index (κ1) is 16.1. The van der Waals surface area contributed by atoms with E-state index in [4.69, 9.17) is 10.5 Å². The first-order valence-corrected chi connectivity index (χ1v) is 9.00. The zero-order chi connectivity index (χ0) is 14.4. The number of nitrogens with two attached hydrogens (primary N) is 1. The summed E-state index contributed by atoms with van der Waals surface area (Å²) in [4.78, 5) is 15.1. The van der Waals surface area contributed by atoms with Crippen molar-refractivity contribution in [1.29, 1.82) is 0 Å². The summed E-state index contributed by atoms with van der Waals surface area (Å²) in [6, 6.07) is 0.406. The number of carbonyl (C=O) groups is 1. The summed E-state index contributed by atoms with van der Waals surface area (Å²) in [5.41, 5.74) is 5.89. The van der Waals surface area contributed by atoms with E-state index in [2.05, 4.69) is 4.90 Å². The van der Waals surface area contributed by atoms with E-state index in [0.29, 0.717) is 31.0 Å². The molecule has 1 amide bonds. The molecule has 1 heterocycles. The van der Waals surface area contributed by atoms with Crippen LogP contribution < -0.4 is 5.73 Å². The Morgan fingerprint density at radius 1 is 1.35 bits per heavy atom. The van der Waals surface area contributed by atoms with E-state index in [1.807, 2.05) is 11.8 Å². The Kier molecular flexibility index (Phi) is 6.65. The van der Waals surface area contributed by atoms with Gasteiger partial charge in [-0.15, -0.1) is 0 Å². The van der Waals surface area contributed by atoms with Crippen LogP contribution in [0.1, 0.15) is 32.1 Å². The van der Waals surface area contributed by atoms with Crippen molar-refractivity contribution in [3.05, 3.63) is 0 Å². The predicted octanol–water partition coefficient (Wildman–Crippen LogP) is 1.73. The molecule has 0 aromatic heterocycles. The van der Waals surface area contributed by atoms with Gasteiger partial charge in [-0.3, -0.25) is 4.79 Å². The molecule has 2 N–H and O–H groups in total. The molecule has 5 heteroatoms. The van der Waals surface area contributed by atoms with Gasteiger partial charge >= 0.3 is 0 Å². The van der Waals surface area contributed by atoms with Gasteiger partial charge in [-0.1, -0.05) is 12.8 Å². The fraction of sp³-hybridized carbons (Fsp3) is 0.933. The third-order valence-corrected chi connectivity index (χ3v) is 5.84. The molecule has 4 nitrogen and oxygen atoms in total. The Hall–Kier alpha value is -0.260. The zero-order valence-corrected chi connectivity index (χ0v) is 13.4. The van der Waals surface area contributed by atoms with Gasteiger partial charge in [0.15, 0.2) is 0 Å². The second kappa shape index (κ2) is 8.25. The number of rotatable bonds is 6. The zero-order valence-electron chi connectivity index (χ0n) is 12.6. The van der Waals surface area contributed by atoms with Gasteiger partial charge in [0.25, 0.3) is 0 Å². The SMILES string of the molecule is COCCN(C(=O)C1CCCCC1CN)C1CCSC1. The van der Waals surface area contributed by atoms with Crippen LogP contribution in [0.15, 0.2) is 0 Å². The van der Waals surface area contributed by atoms with Crippen molar-refractivity contribution in [2.45, 2.75) is 38.1 Å². The van der Waals surface area contributed by atoms with Crippen LogP contribution >= 0.6 is 11.8 Å². The van der Waals surface area contributed by atoms with Crippen molar-refractivity contribution in [3.63, 3.8) is 0 Å². The predicted molar refractivity (Wildman–Crippen MR) is 83.8 cm³/mol. The van der Waals surface area contributed by atoms with E-state index in [1.54, 1.807) is 7.11 Å². The molecule has 116 valence electrons. The molecule has 0 aromatic carbocycles. The van der Waals surface area contributed by atoms with Crippen LogP contribution in [0.5, 0.6) is 0 Å². The average Bonchev–Trinajstić information content (AvgIpc) is 3.01. The maximum atomic E-state index is 13.0. The van der Waals surface area contributed by atoms with Gasteiger partial charge in [0.05, 0.1) is 6.61 Å². The van der Waals surface area contributed by atoms with Crippen molar-refractivity contribution in [1.82, 2.24) is 4.90 Å². The first-order valence-electron chi connectivity index (χ1n) is 7.85. The lowest BCUT2D eigenvalue weighted by Gasteiger charge is -2.36. The highest BCUT2D eigenvalue weighted by Gasteiger charge is 2.36. The minimum atomic E-state index is 0.149. The summed E-state index contributed by atoms with van der Waals surface area (Å²) in [7, 11) is 1.70. The molecule has 3 atom stereocenters. The van der Waals surface area contributed by atoms with E-state index in [1.165, 1.54) is 18.6 Å². The molecular weight excluding hydrogens is 272 g/mol. The molecular formula is C15H28N2O2S. The summed E-state index contributed by atoms with van der Waals surface area (Å²) >= 11 is 1.96. The maximum Gasteiger partial charge on any atom is 0.226 e. The fourth-order valence-electron chi connectivity index (χ4n) is 3.46. The highest BCUT2D eigenvalue weighted by Crippen LogP contribution is 2.32. The Balaban J connectivity index is 2.03. The fourth-order valence-corrected chi connectivity index (χ4v) is 4.68. The topological polar surface area (TPSA) is 55.6 Å². The Morgan fingerprint density at radius 3 is 2.80 bits per heavy atom. The number of hydrogen-bond acceptors (Lipinski definition) is 4. The van der Waals surface area contributed by atoms with Crippen LogP contribution in [0.25, 0.3) is 0 Å². The molecule has 3 unspecified atom stereocenters. The number of carbonyl (C=O) groups excluding carboxylic acids is 1. The second-order valence-electron chi connectivity index (χ2n) is 5.93. The third kappa shape index (κ3) is 3.89. The lowest BCUT2D eigenvalue weighted by atomic mass is 9.78. The van der Waals surface area contributed by atoms with Gasteiger partial charge in [-0.05, 0) is 37.5 Å². The van der Waals surface area contributed by atoms with Crippen molar-refractivity contribution in [2.24, 2.45) is 17.6 Å². The number of hydrogen-bond donors (Lipinski definition) is 1. The van der Waals surface area contributed by atoms with Crippen LogP contribution in [-0.2, 0) is 9.53 Å². The van der Waals surface area contributed by atoms with Gasteiger partial charge in [-0.25, -0.2) is 0 Å². The van der Waals surface area contributed by atoms with Crippen LogP contribution in [-0.4, -0.2) is 55.2 Å². The summed E-state index contributed by atoms with van der Waals surface area (Å²) in [5.74, 6) is 3.12. The van der Waals surface area contributed by atoms with Gasteiger partial charge in [-0.2, -0.15) is 11.8 Å². The van der Waals surface area contributed by atoms with E-state index in [9.17, 15) is 4.79 Å². The summed E-state index contributed by atoms with van der Waals surface area (Å²) in [6.07, 6.45) is 5.65. The highest BCUT2D eigenvalue weighted by molar-refractivity contribution is 7.99. The molecule has 20 heavy (non-hydrogen) atoms. The van der Waals surface area contributed by atoms with E-state index >= 15 is 0 Å². The molecule has 1 aliphatic carbocycles. The normalized spacial score (nSPS) is 30.4. The van der Waals surface area contributed by atoms with E-state index in [0.717, 1.165) is 31.6 Å². The minimum Gasteiger partial charge on any atom is -0.383 e. The molecule has 0 radical (unpaired) electrons. The lowest BCUT2D eigenvalue weighted by molar-refractivity contribution is -0.141. The van der Waals surface area contributed by atoms with Gasteiger partial charge in [0.2, 0.25) is 5.91 Å². The quantitative estimate of drug-likeness (QED) is 0.812. The molecule has 1 aliphatic heterocycles. The smallest absolute Gasteiger partial charge is 0.226 e. The van der Waals surface area contributed by atoms with Gasteiger partial charge in [0, 0.05) is 31.4 Å². The molecule has 1 saturated heterocycles. The van der Waals surface area contributed by atoms with Crippen molar-refractivity contribution in [3.8, 4) is 0 Å². The molecule has 1 saturated carbocycles. The lowest BCUT2D eigenvalue weighted by Crippen LogP contribution is -2.48. The third-order valence-electron chi connectivity index (χ3n) is 4.69. The van der Waals surface area contributed by atoms with Crippen LogP contribution in [0.2, 0.25) is 0 Å². The Morgan fingerprint density at radius 2 is 2.15 bits per heavy atom. The molecule has 2 fully saturated rings. The van der Waals surface area contributed by atoms with Crippen LogP contribution in [0.4, 0.5) is 0 Å². The van der Waals surface area contributed by atoms with Gasteiger partial charge < -0.3 is 15.4 Å². The number of methoxy groups -OCH3 is 1. The minimum absolute atomic E-state index is 0.149. The largest absolute Gasteiger partial charge is 0.383 e. The molecule has 2 rings (SSSR count). The summed E-state index contributed by atoms with van der Waals surface area (Å²) < 4.78 is 5.20. The van der Waals surface area contributed by atoms with Crippen molar-refractivity contribution >= 4 is 17.7 Å². The molecule has 0 spiro atoms. The highest BCUT2D eigenvalue weighted by atomic mass is 32.2. The number of thioether (sulfide) groups is 1. The van der Waals surface area contributed by atoms with Crippen molar-refractivity contribution < 1.29 is 9.53 Å². The van der Waals surface area contributed by atoms with Crippen molar-refractivity contribution in [2.75, 3.05) is 38.3 Å². The Bertz CT molecular complexity index is 308. The van der Waals surface area contributed by atoms with E-state index in [-0.39, 0.29) is 5.92 Å². The second-order valence-corrected chi connectivity index (χ2v) is 7.08. The number of ether oxygens (including phenoxy) is 1. The average molecular weight is 300 g/mol. The van der Waals surface area contributed by atoms with E-state index < -0.39 is 0 Å². The monoisotopic (exact) mass is 300 g/mol. The first-order chi connectivity index (χ1) is 9.77. The number of nitrogens with zero attached hydrogens (tertiary/aromatic N) is 1. The molecule has 2 aliphatic rings. The molecule has 0 aromatic rings. The van der Waals surface area contributed by atoms with Crippen LogP contribution in [0.3, 0.4) is 0 Å². The maximum absolute atomic E-state index is 13.0. The van der Waals surface area contributed by atoms with Gasteiger partial charge in [0.1, 0.15) is 0 Å². The number of amides is 1. The Labute approximate surface area is 126 Å². The molecule has 0 bridgehead atoms. The summed E-state index contributed by atoms with van der Waals surface area (Å²) in [6.45, 7) is 2.01. The standard InChI is InChI=1S/C15H28N2O2S/c1-19-8-7-17(13-6-9-20-11-13)15(18)14-5-3-2-4-12(14)10-16/h12-14H,2-11,16H2,1H3. The van der Waals surface area contributed by atoms with Crippen LogP contribution in [0, 0.1) is 11.8 Å².